The number of hydrogen-bond donors (Lipinski definition) is 2. The first kappa shape index (κ1) is 26.3. The van der Waals surface area contributed by atoms with Crippen LogP contribution >= 0.6 is 34.8 Å². The molecule has 0 radical (unpaired) electrons. The van der Waals surface area contributed by atoms with Gasteiger partial charge < -0.3 is 10.6 Å². The number of imidazole rings is 1. The van der Waals surface area contributed by atoms with Gasteiger partial charge in [-0.1, -0.05) is 47.8 Å². The summed E-state index contributed by atoms with van der Waals surface area (Å²) in [4.78, 5) is 17.8. The fraction of sp³-hybridized carbons (Fsp3) is 0.308. The first-order valence-electron chi connectivity index (χ1n) is 11.2. The molecule has 8 heteroatoms. The fourth-order valence-electron chi connectivity index (χ4n) is 3.70. The zero-order chi connectivity index (χ0) is 24.8. The van der Waals surface area contributed by atoms with Gasteiger partial charge in [0.15, 0.2) is 0 Å². The summed E-state index contributed by atoms with van der Waals surface area (Å²) < 4.78 is 1.90. The largest absolute Gasteiger partial charge is 0.349 e. The molecule has 5 nitrogen and oxygen atoms in total. The first-order chi connectivity index (χ1) is 16.2. The predicted molar refractivity (Wildman–Crippen MR) is 143 cm³/mol. The van der Waals surface area contributed by atoms with Crippen LogP contribution in [0.4, 0.5) is 0 Å². The molecule has 3 aromatic rings. The Kier molecular flexibility index (Phi) is 9.20. The van der Waals surface area contributed by atoms with Crippen LogP contribution in [0.2, 0.25) is 15.1 Å². The van der Waals surface area contributed by atoms with Gasteiger partial charge in [0.05, 0.1) is 10.7 Å². The van der Waals surface area contributed by atoms with E-state index in [1.165, 1.54) is 0 Å². The molecule has 1 amide bonds. The molecule has 2 N–H and O–H groups in total. The van der Waals surface area contributed by atoms with Crippen molar-refractivity contribution in [2.75, 3.05) is 13.1 Å². The number of nitrogens with zero attached hydrogens (tertiary/aromatic N) is 2. The van der Waals surface area contributed by atoms with Gasteiger partial charge >= 0.3 is 0 Å². The Bertz CT molecular complexity index is 1160. The van der Waals surface area contributed by atoms with Gasteiger partial charge in [0.25, 0.3) is 5.91 Å². The van der Waals surface area contributed by atoms with E-state index < -0.39 is 0 Å². The molecule has 0 bridgehead atoms. The minimum Gasteiger partial charge on any atom is -0.349 e. The van der Waals surface area contributed by atoms with Gasteiger partial charge in [0, 0.05) is 40.4 Å². The van der Waals surface area contributed by atoms with Gasteiger partial charge in [-0.25, -0.2) is 4.98 Å². The number of carbonyl (C=O) groups excluding carboxylic acids is 1. The maximum Gasteiger partial charge on any atom is 0.271 e. The molecule has 2 unspecified atom stereocenters. The molecule has 0 spiro atoms. The predicted octanol–water partition coefficient (Wildman–Crippen LogP) is 6.73. The number of aromatic nitrogens is 2. The summed E-state index contributed by atoms with van der Waals surface area (Å²) in [6.45, 7) is 11.1. The van der Waals surface area contributed by atoms with Crippen molar-refractivity contribution < 1.29 is 4.79 Å². The Morgan fingerprint density at radius 3 is 2.41 bits per heavy atom. The minimum absolute atomic E-state index is 0.245. The van der Waals surface area contributed by atoms with Crippen LogP contribution in [0.1, 0.15) is 36.5 Å². The Balaban J connectivity index is 1.86. The third-order valence-electron chi connectivity index (χ3n) is 5.85. The van der Waals surface area contributed by atoms with E-state index in [1.54, 1.807) is 30.3 Å². The van der Waals surface area contributed by atoms with Crippen molar-refractivity contribution in [3.8, 4) is 17.1 Å². The van der Waals surface area contributed by atoms with Crippen LogP contribution in [0.5, 0.6) is 0 Å². The van der Waals surface area contributed by atoms with E-state index >= 15 is 0 Å². The molecule has 2 aromatic carbocycles. The molecule has 0 aliphatic heterocycles. The van der Waals surface area contributed by atoms with Gasteiger partial charge in [-0.3, -0.25) is 9.36 Å². The second-order valence-corrected chi connectivity index (χ2v) is 9.59. The van der Waals surface area contributed by atoms with Gasteiger partial charge in [0.2, 0.25) is 0 Å². The van der Waals surface area contributed by atoms with Crippen molar-refractivity contribution in [2.45, 2.75) is 33.2 Å². The second kappa shape index (κ2) is 11.9. The summed E-state index contributed by atoms with van der Waals surface area (Å²) in [6.07, 6.45) is 2.87. The average molecular weight is 520 g/mol. The van der Waals surface area contributed by atoms with E-state index in [-0.39, 0.29) is 5.91 Å². The molecule has 1 aromatic heterocycles. The summed E-state index contributed by atoms with van der Waals surface area (Å²) >= 11 is 18.7. The van der Waals surface area contributed by atoms with Crippen molar-refractivity contribution in [1.29, 1.82) is 0 Å². The Morgan fingerprint density at radius 2 is 1.76 bits per heavy atom. The Hall–Kier alpha value is -2.31. The number of carbonyl (C=O) groups is 1. The lowest BCUT2D eigenvalue weighted by Gasteiger charge is -2.20. The van der Waals surface area contributed by atoms with E-state index in [2.05, 4.69) is 31.1 Å². The van der Waals surface area contributed by atoms with E-state index in [0.717, 1.165) is 12.1 Å². The number of amides is 1. The highest BCUT2D eigenvalue weighted by Gasteiger charge is 2.23. The minimum atomic E-state index is -0.245. The fourth-order valence-corrected chi connectivity index (χ4v) is 4.32. The summed E-state index contributed by atoms with van der Waals surface area (Å²) in [5.41, 5.74) is 2.53. The molecule has 180 valence electrons. The van der Waals surface area contributed by atoms with E-state index in [0.29, 0.717) is 62.9 Å². The molecule has 2 atom stereocenters. The summed E-state index contributed by atoms with van der Waals surface area (Å²) in [6, 6.07) is 12.9. The summed E-state index contributed by atoms with van der Waals surface area (Å²) in [5.74, 6) is 0.777. The number of benzene rings is 2. The molecular formula is C26H29Cl3N4O. The lowest BCUT2D eigenvalue weighted by molar-refractivity contribution is 0.0948. The molecule has 34 heavy (non-hydrogen) atoms. The first-order valence-corrected chi connectivity index (χ1v) is 12.3. The van der Waals surface area contributed by atoms with Gasteiger partial charge in [-0.05, 0) is 68.7 Å². The van der Waals surface area contributed by atoms with Crippen molar-refractivity contribution >= 4 is 40.7 Å². The normalized spacial score (nSPS) is 12.9. The van der Waals surface area contributed by atoms with Crippen LogP contribution in [0.25, 0.3) is 17.1 Å². The molecule has 3 rings (SSSR count). The molecule has 0 saturated carbocycles. The standard InChI is InChI=1S/C26H29Cl3N4O/c1-5-6-16(2)17(3)30-13-14-31-26(34)24-18(4)33(21-10-7-19(27)8-11-21)25(32-24)22-12-9-20(28)15-23(22)29/h5,7-12,15-17,30H,1,6,13-14H2,2-4H3,(H,31,34). The van der Waals surface area contributed by atoms with Crippen LogP contribution in [0.3, 0.4) is 0 Å². The second-order valence-electron chi connectivity index (χ2n) is 8.31. The van der Waals surface area contributed by atoms with Crippen LogP contribution < -0.4 is 10.6 Å². The maximum absolute atomic E-state index is 13.1. The summed E-state index contributed by atoms with van der Waals surface area (Å²) in [7, 11) is 0. The van der Waals surface area contributed by atoms with Crippen molar-refractivity contribution in [3.05, 3.63) is 81.6 Å². The number of rotatable bonds is 10. The van der Waals surface area contributed by atoms with Gasteiger partial charge in [-0.2, -0.15) is 0 Å². The van der Waals surface area contributed by atoms with E-state index in [9.17, 15) is 4.79 Å². The van der Waals surface area contributed by atoms with Crippen LogP contribution in [0.15, 0.2) is 55.1 Å². The maximum atomic E-state index is 13.1. The third kappa shape index (κ3) is 6.22. The zero-order valence-corrected chi connectivity index (χ0v) is 21.8. The molecule has 0 fully saturated rings. The smallest absolute Gasteiger partial charge is 0.271 e. The van der Waals surface area contributed by atoms with Crippen LogP contribution in [0, 0.1) is 12.8 Å². The van der Waals surface area contributed by atoms with Crippen molar-refractivity contribution in [3.63, 3.8) is 0 Å². The lowest BCUT2D eigenvalue weighted by Crippen LogP contribution is -2.38. The number of hydrogen-bond acceptors (Lipinski definition) is 3. The van der Waals surface area contributed by atoms with E-state index in [1.807, 2.05) is 29.7 Å². The number of nitrogens with one attached hydrogen (secondary N) is 2. The monoisotopic (exact) mass is 518 g/mol. The number of allylic oxidation sites excluding steroid dienone is 1. The molecule has 1 heterocycles. The van der Waals surface area contributed by atoms with Crippen LogP contribution in [-0.2, 0) is 0 Å². The van der Waals surface area contributed by atoms with Crippen molar-refractivity contribution in [2.24, 2.45) is 5.92 Å². The van der Waals surface area contributed by atoms with Crippen molar-refractivity contribution in [1.82, 2.24) is 20.2 Å². The molecule has 0 aliphatic rings. The topological polar surface area (TPSA) is 58.9 Å². The third-order valence-corrected chi connectivity index (χ3v) is 6.65. The van der Waals surface area contributed by atoms with E-state index in [4.69, 9.17) is 39.8 Å². The van der Waals surface area contributed by atoms with Gasteiger partial charge in [0.1, 0.15) is 11.5 Å². The molecule has 0 saturated heterocycles. The number of halogens is 3. The van der Waals surface area contributed by atoms with Crippen LogP contribution in [-0.4, -0.2) is 34.6 Å². The highest BCUT2D eigenvalue weighted by Crippen LogP contribution is 2.33. The molecular weight excluding hydrogens is 491 g/mol. The molecule has 0 aliphatic carbocycles. The lowest BCUT2D eigenvalue weighted by atomic mass is 10.00. The highest BCUT2D eigenvalue weighted by molar-refractivity contribution is 6.36. The van der Waals surface area contributed by atoms with Gasteiger partial charge in [-0.15, -0.1) is 6.58 Å². The highest BCUT2D eigenvalue weighted by atomic mass is 35.5. The summed E-state index contributed by atoms with van der Waals surface area (Å²) in [5, 5.41) is 8.01. The quantitative estimate of drug-likeness (QED) is 0.231. The Morgan fingerprint density at radius 1 is 1.09 bits per heavy atom. The SMILES string of the molecule is C=CCC(C)C(C)NCCNC(=O)c1nc(-c2ccc(Cl)cc2Cl)n(-c2ccc(Cl)cc2)c1C. The zero-order valence-electron chi connectivity index (χ0n) is 19.5. The Labute approximate surface area is 216 Å². The average Bonchev–Trinajstić information content (AvgIpc) is 3.14.